The molecule has 3 aromatic rings. The van der Waals surface area contributed by atoms with Crippen molar-refractivity contribution in [2.45, 2.75) is 25.7 Å². The Hall–Kier alpha value is -3.85. The molecule has 1 amide bonds. The number of rotatable bonds is 8. The van der Waals surface area contributed by atoms with E-state index < -0.39 is 22.5 Å². The molecule has 3 aromatic carbocycles. The van der Waals surface area contributed by atoms with E-state index >= 15 is 0 Å². The van der Waals surface area contributed by atoms with Gasteiger partial charge in [0.15, 0.2) is 11.5 Å². The number of nitrogens with one attached hydrogen (secondary N) is 1. The van der Waals surface area contributed by atoms with Gasteiger partial charge in [0.1, 0.15) is 6.54 Å². The Bertz CT molecular complexity index is 1320. The van der Waals surface area contributed by atoms with Crippen LogP contribution < -0.4 is 14.5 Å². The number of phenolic OH excluding ortho intramolecular Hbond substituents is 1. The first kappa shape index (κ1) is 24.8. The lowest BCUT2D eigenvalue weighted by Gasteiger charge is -2.24. The van der Waals surface area contributed by atoms with Crippen molar-refractivity contribution in [1.82, 2.24) is 5.43 Å². The summed E-state index contributed by atoms with van der Waals surface area (Å²) in [5, 5.41) is 14.0. The van der Waals surface area contributed by atoms with E-state index in [-0.39, 0.29) is 16.4 Å². The molecule has 0 radical (unpaired) electrons. The summed E-state index contributed by atoms with van der Waals surface area (Å²) in [7, 11) is -2.60. The highest BCUT2D eigenvalue weighted by molar-refractivity contribution is 7.92. The number of carbonyl (C=O) groups is 1. The van der Waals surface area contributed by atoms with Crippen LogP contribution >= 0.6 is 0 Å². The number of aryl methyl sites for hydroxylation is 3. The molecule has 0 bridgehead atoms. The summed E-state index contributed by atoms with van der Waals surface area (Å²) in [5.74, 6) is -0.505. The van der Waals surface area contributed by atoms with Crippen molar-refractivity contribution >= 4 is 27.8 Å². The summed E-state index contributed by atoms with van der Waals surface area (Å²) in [4.78, 5) is 12.8. The van der Waals surface area contributed by atoms with E-state index in [1.165, 1.54) is 25.5 Å². The predicted molar refractivity (Wildman–Crippen MR) is 132 cm³/mol. The highest BCUT2D eigenvalue weighted by Crippen LogP contribution is 2.28. The van der Waals surface area contributed by atoms with Gasteiger partial charge in [-0.05, 0) is 68.3 Å². The predicted octanol–water partition coefficient (Wildman–Crippen LogP) is 3.67. The smallest absolute Gasteiger partial charge is 0.264 e. The number of para-hydroxylation sites is 1. The van der Waals surface area contributed by atoms with Crippen LogP contribution in [0.4, 0.5) is 5.69 Å². The topological polar surface area (TPSA) is 108 Å². The van der Waals surface area contributed by atoms with Crippen molar-refractivity contribution in [2.24, 2.45) is 5.10 Å². The zero-order valence-electron chi connectivity index (χ0n) is 19.4. The number of hydrogen-bond donors (Lipinski definition) is 2. The van der Waals surface area contributed by atoms with Crippen molar-refractivity contribution in [2.75, 3.05) is 18.0 Å². The minimum atomic E-state index is -4.02. The van der Waals surface area contributed by atoms with Crippen LogP contribution in [0.15, 0.2) is 70.7 Å². The standard InChI is InChI=1S/C25H27N3O5S/c1-17-8-12-22(13-9-17)34(31,32)28(21-11-10-18(2)19(3)14-21)16-24(29)27-26-15-20-6-5-7-23(33-4)25(20)30/h5-15,30H,16H2,1-4H3,(H,27,29)/b26-15-. The normalized spacial score (nSPS) is 11.4. The molecule has 0 saturated heterocycles. The van der Waals surface area contributed by atoms with Crippen LogP contribution in [0.2, 0.25) is 0 Å². The van der Waals surface area contributed by atoms with E-state index in [1.54, 1.807) is 42.5 Å². The van der Waals surface area contributed by atoms with Gasteiger partial charge in [-0.2, -0.15) is 5.10 Å². The van der Waals surface area contributed by atoms with Crippen molar-refractivity contribution < 1.29 is 23.1 Å². The molecule has 0 aliphatic heterocycles. The molecule has 0 fully saturated rings. The first-order valence-electron chi connectivity index (χ1n) is 10.5. The van der Waals surface area contributed by atoms with Gasteiger partial charge in [-0.3, -0.25) is 9.10 Å². The third-order valence-corrected chi connectivity index (χ3v) is 7.11. The average molecular weight is 482 g/mol. The maximum Gasteiger partial charge on any atom is 0.264 e. The molecule has 0 aliphatic carbocycles. The van der Waals surface area contributed by atoms with Crippen LogP contribution in [0, 0.1) is 20.8 Å². The van der Waals surface area contributed by atoms with Gasteiger partial charge in [0.2, 0.25) is 0 Å². The molecule has 2 N–H and O–H groups in total. The molecule has 0 unspecified atom stereocenters. The number of aromatic hydroxyl groups is 1. The van der Waals surface area contributed by atoms with Gasteiger partial charge < -0.3 is 9.84 Å². The zero-order valence-corrected chi connectivity index (χ0v) is 20.3. The molecule has 34 heavy (non-hydrogen) atoms. The van der Waals surface area contributed by atoms with E-state index in [4.69, 9.17) is 4.74 Å². The molecular weight excluding hydrogens is 454 g/mol. The molecular formula is C25H27N3O5S. The molecule has 8 nitrogen and oxygen atoms in total. The Labute approximate surface area is 199 Å². The van der Waals surface area contributed by atoms with Crippen LogP contribution in [0.1, 0.15) is 22.3 Å². The minimum absolute atomic E-state index is 0.0777. The van der Waals surface area contributed by atoms with Crippen LogP contribution in [-0.2, 0) is 14.8 Å². The molecule has 0 atom stereocenters. The second kappa shape index (κ2) is 10.4. The third-order valence-electron chi connectivity index (χ3n) is 5.32. The van der Waals surface area contributed by atoms with Crippen molar-refractivity contribution in [3.8, 4) is 11.5 Å². The first-order valence-corrected chi connectivity index (χ1v) is 11.9. The number of methoxy groups -OCH3 is 1. The fourth-order valence-corrected chi connectivity index (χ4v) is 4.59. The summed E-state index contributed by atoms with van der Waals surface area (Å²) in [6.07, 6.45) is 1.25. The number of sulfonamides is 1. The second-order valence-electron chi connectivity index (χ2n) is 7.78. The Morgan fingerprint density at radius 2 is 1.76 bits per heavy atom. The van der Waals surface area contributed by atoms with E-state index in [1.807, 2.05) is 26.8 Å². The fraction of sp³-hybridized carbons (Fsp3) is 0.200. The van der Waals surface area contributed by atoms with Crippen molar-refractivity contribution in [1.29, 1.82) is 0 Å². The Balaban J connectivity index is 1.87. The van der Waals surface area contributed by atoms with E-state index in [9.17, 15) is 18.3 Å². The fourth-order valence-electron chi connectivity index (χ4n) is 3.18. The number of phenols is 1. The highest BCUT2D eigenvalue weighted by atomic mass is 32.2. The molecule has 0 spiro atoms. The molecule has 0 heterocycles. The third kappa shape index (κ3) is 5.55. The van der Waals surface area contributed by atoms with Gasteiger partial charge in [-0.1, -0.05) is 29.8 Å². The lowest BCUT2D eigenvalue weighted by Crippen LogP contribution is -2.39. The number of amides is 1. The van der Waals surface area contributed by atoms with Crippen molar-refractivity contribution in [3.05, 3.63) is 82.9 Å². The number of anilines is 1. The summed E-state index contributed by atoms with van der Waals surface area (Å²) < 4.78 is 33.0. The zero-order chi connectivity index (χ0) is 24.9. The van der Waals surface area contributed by atoms with Crippen LogP contribution in [0.3, 0.4) is 0 Å². The quantitative estimate of drug-likeness (QED) is 0.377. The molecule has 0 saturated carbocycles. The number of hydrazone groups is 1. The number of benzene rings is 3. The van der Waals surface area contributed by atoms with Gasteiger partial charge in [0.25, 0.3) is 15.9 Å². The van der Waals surface area contributed by atoms with E-state index in [0.29, 0.717) is 11.3 Å². The Morgan fingerprint density at radius 1 is 1.06 bits per heavy atom. The molecule has 178 valence electrons. The summed E-state index contributed by atoms with van der Waals surface area (Å²) in [5.41, 5.74) is 5.85. The minimum Gasteiger partial charge on any atom is -0.504 e. The van der Waals surface area contributed by atoms with Crippen LogP contribution in [0.5, 0.6) is 11.5 Å². The maximum atomic E-state index is 13.4. The van der Waals surface area contributed by atoms with Gasteiger partial charge in [0.05, 0.1) is 23.9 Å². The maximum absolute atomic E-state index is 13.4. The summed E-state index contributed by atoms with van der Waals surface area (Å²) in [6, 6.07) is 16.5. The van der Waals surface area contributed by atoms with E-state index in [2.05, 4.69) is 10.5 Å². The molecule has 0 aromatic heterocycles. The number of carbonyl (C=O) groups excluding carboxylic acids is 1. The lowest BCUT2D eigenvalue weighted by molar-refractivity contribution is -0.119. The monoisotopic (exact) mass is 481 g/mol. The van der Waals surface area contributed by atoms with Gasteiger partial charge >= 0.3 is 0 Å². The highest BCUT2D eigenvalue weighted by Gasteiger charge is 2.27. The molecule has 0 aliphatic rings. The first-order chi connectivity index (χ1) is 16.1. The van der Waals surface area contributed by atoms with Gasteiger partial charge in [0, 0.05) is 5.56 Å². The van der Waals surface area contributed by atoms with E-state index in [0.717, 1.165) is 21.0 Å². The SMILES string of the molecule is COc1cccc(/C=N\NC(=O)CN(c2ccc(C)c(C)c2)S(=O)(=O)c2ccc(C)cc2)c1O. The van der Waals surface area contributed by atoms with Gasteiger partial charge in [-0.25, -0.2) is 13.8 Å². The Morgan fingerprint density at radius 3 is 2.41 bits per heavy atom. The average Bonchev–Trinajstić information content (AvgIpc) is 2.80. The van der Waals surface area contributed by atoms with Crippen LogP contribution in [0.25, 0.3) is 0 Å². The number of ether oxygens (including phenoxy) is 1. The summed E-state index contributed by atoms with van der Waals surface area (Å²) in [6.45, 7) is 5.18. The Kier molecular flexibility index (Phi) is 7.57. The molecule has 3 rings (SSSR count). The van der Waals surface area contributed by atoms with Gasteiger partial charge in [-0.15, -0.1) is 0 Å². The number of nitrogens with zero attached hydrogens (tertiary/aromatic N) is 2. The lowest BCUT2D eigenvalue weighted by atomic mass is 10.1. The molecule has 9 heteroatoms. The number of hydrogen-bond acceptors (Lipinski definition) is 6. The van der Waals surface area contributed by atoms with Crippen LogP contribution in [-0.4, -0.2) is 39.3 Å². The largest absolute Gasteiger partial charge is 0.504 e. The second-order valence-corrected chi connectivity index (χ2v) is 9.65. The van der Waals surface area contributed by atoms with Crippen molar-refractivity contribution in [3.63, 3.8) is 0 Å². The summed E-state index contributed by atoms with van der Waals surface area (Å²) >= 11 is 0.